The van der Waals surface area contributed by atoms with Crippen LogP contribution in [-0.4, -0.2) is 47.8 Å². The topological polar surface area (TPSA) is 49.8 Å². The van der Waals surface area contributed by atoms with Gasteiger partial charge in [-0.1, -0.05) is 20.8 Å². The van der Waals surface area contributed by atoms with Gasteiger partial charge in [0, 0.05) is 13.2 Å². The van der Waals surface area contributed by atoms with Crippen LogP contribution < -0.4 is 0 Å². The summed E-state index contributed by atoms with van der Waals surface area (Å²) in [4.78, 5) is 13.0. The Balaban J connectivity index is 4.06. The average Bonchev–Trinajstić information content (AvgIpc) is 2.16. The molecule has 0 aromatic rings. The molecule has 0 saturated heterocycles. The molecule has 0 fully saturated rings. The first kappa shape index (κ1) is 15.4. The molecule has 0 aliphatic rings. The van der Waals surface area contributed by atoms with E-state index in [1.165, 1.54) is 0 Å². The zero-order chi connectivity index (χ0) is 12.8. The Kier molecular flexibility index (Phi) is 6.60. The minimum atomic E-state index is -0.823. The number of rotatable bonds is 8. The van der Waals surface area contributed by atoms with Gasteiger partial charge in [0.1, 0.15) is 5.54 Å². The Morgan fingerprint density at radius 1 is 1.44 bits per heavy atom. The van der Waals surface area contributed by atoms with E-state index in [-0.39, 0.29) is 0 Å². The number of hydrogen-bond donors (Lipinski definition) is 1. The summed E-state index contributed by atoms with van der Waals surface area (Å²) in [6.07, 6.45) is 0. The van der Waals surface area contributed by atoms with Gasteiger partial charge >= 0.3 is 5.97 Å². The van der Waals surface area contributed by atoms with Crippen molar-refractivity contribution >= 4 is 5.97 Å². The highest BCUT2D eigenvalue weighted by Gasteiger charge is 2.33. The highest BCUT2D eigenvalue weighted by molar-refractivity contribution is 5.77. The van der Waals surface area contributed by atoms with Crippen LogP contribution in [0.4, 0.5) is 0 Å². The molecule has 0 atom stereocenters. The smallest absolute Gasteiger partial charge is 0.323 e. The summed E-state index contributed by atoms with van der Waals surface area (Å²) in [5.74, 6) is -0.277. The van der Waals surface area contributed by atoms with Gasteiger partial charge in [-0.05, 0) is 26.3 Å². The van der Waals surface area contributed by atoms with Crippen molar-refractivity contribution < 1.29 is 14.6 Å². The standard InChI is InChI=1S/C12H25NO3/c1-6-13(12(4,5)11(14)15)7-8-16-9-10(2)3/h10H,6-9H2,1-5H3,(H,14,15). The molecule has 0 aromatic heterocycles. The summed E-state index contributed by atoms with van der Waals surface area (Å²) >= 11 is 0. The van der Waals surface area contributed by atoms with E-state index in [1.807, 2.05) is 11.8 Å². The summed E-state index contributed by atoms with van der Waals surface area (Å²) in [6.45, 7) is 12.3. The summed E-state index contributed by atoms with van der Waals surface area (Å²) in [7, 11) is 0. The molecule has 16 heavy (non-hydrogen) atoms. The van der Waals surface area contributed by atoms with E-state index in [9.17, 15) is 4.79 Å². The maximum absolute atomic E-state index is 11.1. The summed E-state index contributed by atoms with van der Waals surface area (Å²) in [5.41, 5.74) is -0.823. The first-order chi connectivity index (χ1) is 7.32. The van der Waals surface area contributed by atoms with Gasteiger partial charge < -0.3 is 9.84 Å². The first-order valence-electron chi connectivity index (χ1n) is 5.88. The number of carboxylic acids is 1. The molecular weight excluding hydrogens is 206 g/mol. The fraction of sp³-hybridized carbons (Fsp3) is 0.917. The number of hydrogen-bond acceptors (Lipinski definition) is 3. The lowest BCUT2D eigenvalue weighted by molar-refractivity contribution is -0.149. The number of likely N-dealkylation sites (N-methyl/N-ethyl adjacent to an activating group) is 1. The molecule has 0 bridgehead atoms. The van der Waals surface area contributed by atoms with Crippen molar-refractivity contribution in [1.29, 1.82) is 0 Å². The molecule has 0 saturated carbocycles. The third-order valence-corrected chi connectivity index (χ3v) is 2.65. The van der Waals surface area contributed by atoms with Gasteiger partial charge in [0.05, 0.1) is 6.61 Å². The van der Waals surface area contributed by atoms with Crippen molar-refractivity contribution in [2.75, 3.05) is 26.3 Å². The molecule has 0 heterocycles. The van der Waals surface area contributed by atoms with Crippen molar-refractivity contribution in [2.45, 2.75) is 40.2 Å². The van der Waals surface area contributed by atoms with Crippen LogP contribution >= 0.6 is 0 Å². The third kappa shape index (κ3) is 4.94. The van der Waals surface area contributed by atoms with Gasteiger partial charge in [-0.25, -0.2) is 0 Å². The normalized spacial score (nSPS) is 12.4. The van der Waals surface area contributed by atoms with E-state index in [2.05, 4.69) is 13.8 Å². The Bertz CT molecular complexity index is 214. The van der Waals surface area contributed by atoms with Gasteiger partial charge in [0.15, 0.2) is 0 Å². The molecule has 0 aliphatic heterocycles. The molecule has 96 valence electrons. The maximum Gasteiger partial charge on any atom is 0.323 e. The molecule has 0 aliphatic carbocycles. The van der Waals surface area contributed by atoms with Gasteiger partial charge in [0.2, 0.25) is 0 Å². The Morgan fingerprint density at radius 2 is 2.00 bits per heavy atom. The van der Waals surface area contributed by atoms with Crippen molar-refractivity contribution in [3.8, 4) is 0 Å². The van der Waals surface area contributed by atoms with E-state index < -0.39 is 11.5 Å². The van der Waals surface area contributed by atoms with Crippen LogP contribution in [0.25, 0.3) is 0 Å². The molecule has 0 spiro atoms. The fourth-order valence-electron chi connectivity index (χ4n) is 1.46. The van der Waals surface area contributed by atoms with Gasteiger partial charge in [-0.2, -0.15) is 0 Å². The lowest BCUT2D eigenvalue weighted by Crippen LogP contribution is -2.51. The van der Waals surface area contributed by atoms with Crippen LogP contribution in [0.15, 0.2) is 0 Å². The summed E-state index contributed by atoms with van der Waals surface area (Å²) in [5, 5.41) is 9.11. The van der Waals surface area contributed by atoms with Crippen molar-refractivity contribution in [2.24, 2.45) is 5.92 Å². The second-order valence-electron chi connectivity index (χ2n) is 4.91. The van der Waals surface area contributed by atoms with E-state index in [4.69, 9.17) is 9.84 Å². The zero-order valence-corrected chi connectivity index (χ0v) is 11.1. The Hall–Kier alpha value is -0.610. The number of ether oxygens (including phenoxy) is 1. The third-order valence-electron chi connectivity index (χ3n) is 2.65. The predicted molar refractivity (Wildman–Crippen MR) is 64.6 cm³/mol. The minimum absolute atomic E-state index is 0.516. The largest absolute Gasteiger partial charge is 0.480 e. The zero-order valence-electron chi connectivity index (χ0n) is 11.1. The molecule has 0 aromatic carbocycles. The van der Waals surface area contributed by atoms with Crippen LogP contribution in [0.2, 0.25) is 0 Å². The second-order valence-corrected chi connectivity index (χ2v) is 4.91. The van der Waals surface area contributed by atoms with Crippen molar-refractivity contribution in [3.63, 3.8) is 0 Å². The lowest BCUT2D eigenvalue weighted by atomic mass is 10.0. The monoisotopic (exact) mass is 231 g/mol. The number of carboxylic acid groups (broad SMARTS) is 1. The lowest BCUT2D eigenvalue weighted by Gasteiger charge is -2.34. The fourth-order valence-corrected chi connectivity index (χ4v) is 1.46. The van der Waals surface area contributed by atoms with E-state index in [0.717, 1.165) is 6.61 Å². The molecule has 4 nitrogen and oxygen atoms in total. The van der Waals surface area contributed by atoms with Crippen LogP contribution in [-0.2, 0) is 9.53 Å². The Labute approximate surface area is 98.6 Å². The predicted octanol–water partition coefficient (Wildman–Crippen LogP) is 1.84. The van der Waals surface area contributed by atoms with E-state index in [1.54, 1.807) is 13.8 Å². The SMILES string of the molecule is CCN(CCOCC(C)C)C(C)(C)C(=O)O. The van der Waals surface area contributed by atoms with Gasteiger partial charge in [-0.15, -0.1) is 0 Å². The molecular formula is C12H25NO3. The molecule has 4 heteroatoms. The van der Waals surface area contributed by atoms with Gasteiger partial charge in [0.25, 0.3) is 0 Å². The van der Waals surface area contributed by atoms with Crippen LogP contribution in [0.1, 0.15) is 34.6 Å². The summed E-state index contributed by atoms with van der Waals surface area (Å²) in [6, 6.07) is 0. The van der Waals surface area contributed by atoms with E-state index in [0.29, 0.717) is 25.6 Å². The highest BCUT2D eigenvalue weighted by Crippen LogP contribution is 2.13. The molecule has 0 unspecified atom stereocenters. The molecule has 1 N–H and O–H groups in total. The minimum Gasteiger partial charge on any atom is -0.480 e. The van der Waals surface area contributed by atoms with Crippen molar-refractivity contribution in [1.82, 2.24) is 4.90 Å². The molecule has 0 rings (SSSR count). The number of aliphatic carboxylic acids is 1. The van der Waals surface area contributed by atoms with E-state index >= 15 is 0 Å². The first-order valence-corrected chi connectivity index (χ1v) is 5.88. The average molecular weight is 231 g/mol. The van der Waals surface area contributed by atoms with Crippen molar-refractivity contribution in [3.05, 3.63) is 0 Å². The Morgan fingerprint density at radius 3 is 2.38 bits per heavy atom. The number of carbonyl (C=O) groups is 1. The highest BCUT2D eigenvalue weighted by atomic mass is 16.5. The van der Waals surface area contributed by atoms with Crippen LogP contribution in [0, 0.1) is 5.92 Å². The molecule has 0 amide bonds. The number of nitrogens with zero attached hydrogens (tertiary/aromatic N) is 1. The van der Waals surface area contributed by atoms with Crippen LogP contribution in [0.3, 0.4) is 0 Å². The molecule has 0 radical (unpaired) electrons. The van der Waals surface area contributed by atoms with Gasteiger partial charge in [-0.3, -0.25) is 9.69 Å². The maximum atomic E-state index is 11.1. The quantitative estimate of drug-likeness (QED) is 0.648. The second kappa shape index (κ2) is 6.86. The van der Waals surface area contributed by atoms with Crippen LogP contribution in [0.5, 0.6) is 0 Å². The summed E-state index contributed by atoms with van der Waals surface area (Å²) < 4.78 is 5.47.